The summed E-state index contributed by atoms with van der Waals surface area (Å²) >= 11 is 6.39. The lowest BCUT2D eigenvalue weighted by atomic mass is 9.89. The van der Waals surface area contributed by atoms with E-state index in [1.807, 2.05) is 19.1 Å². The van der Waals surface area contributed by atoms with Crippen LogP contribution >= 0.6 is 11.6 Å². The maximum atomic E-state index is 9.03. The van der Waals surface area contributed by atoms with Gasteiger partial charge in [0, 0.05) is 12.5 Å². The molecule has 1 N–H and O–H groups in total. The summed E-state index contributed by atoms with van der Waals surface area (Å²) in [5.41, 5.74) is 2.44. The minimum absolute atomic E-state index is 0.470. The summed E-state index contributed by atoms with van der Waals surface area (Å²) in [6.07, 6.45) is 2.18. The minimum atomic E-state index is -0.990. The zero-order valence-corrected chi connectivity index (χ0v) is 14.8. The summed E-state index contributed by atoms with van der Waals surface area (Å²) in [6.45, 7) is 3.91. The van der Waals surface area contributed by atoms with E-state index >= 15 is 0 Å². The van der Waals surface area contributed by atoms with Crippen LogP contribution in [0.1, 0.15) is 42.4 Å². The van der Waals surface area contributed by atoms with Gasteiger partial charge < -0.3 is 14.8 Å². The van der Waals surface area contributed by atoms with Crippen molar-refractivity contribution in [1.29, 1.82) is 5.26 Å². The number of nitriles is 1. The summed E-state index contributed by atoms with van der Waals surface area (Å²) in [4.78, 5) is 0. The average molecular weight is 355 g/mol. The first-order valence-electron chi connectivity index (χ1n) is 8.52. The zero-order chi connectivity index (χ0) is 17.4. The van der Waals surface area contributed by atoms with Gasteiger partial charge >= 0.3 is 0 Å². The monoisotopic (exact) mass is 354 g/mol. The predicted octanol–water partition coefficient (Wildman–Crippen LogP) is 4.32. The summed E-state index contributed by atoms with van der Waals surface area (Å²) in [5.74, 6) is 1.05. The highest BCUT2D eigenvalue weighted by molar-refractivity contribution is 6.31. The van der Waals surface area contributed by atoms with Crippen LogP contribution < -0.4 is 14.8 Å². The van der Waals surface area contributed by atoms with E-state index in [0.717, 1.165) is 43.0 Å². The third kappa shape index (κ3) is 2.84. The number of benzene rings is 2. The lowest BCUT2D eigenvalue weighted by Gasteiger charge is -2.26. The summed E-state index contributed by atoms with van der Waals surface area (Å²) < 4.78 is 12.5. The maximum Gasteiger partial charge on any atom is 0.276 e. The first-order chi connectivity index (χ1) is 12.1. The molecule has 1 unspecified atom stereocenters. The highest BCUT2D eigenvalue weighted by Crippen LogP contribution is 2.50. The first-order valence-corrected chi connectivity index (χ1v) is 8.90. The van der Waals surface area contributed by atoms with Crippen molar-refractivity contribution < 1.29 is 9.47 Å². The van der Waals surface area contributed by atoms with Crippen LogP contribution in [-0.2, 0) is 5.79 Å². The Hall–Kier alpha value is -2.22. The molecule has 2 aliphatic rings. The fourth-order valence-corrected chi connectivity index (χ4v) is 4.02. The molecule has 2 aromatic rings. The molecule has 1 atom stereocenters. The fourth-order valence-electron chi connectivity index (χ4n) is 3.67. The van der Waals surface area contributed by atoms with Crippen LogP contribution in [0.3, 0.4) is 0 Å². The van der Waals surface area contributed by atoms with E-state index in [-0.39, 0.29) is 0 Å². The number of nitrogens with one attached hydrogen (secondary N) is 1. The predicted molar refractivity (Wildman–Crippen MR) is 96.1 cm³/mol. The van der Waals surface area contributed by atoms with Crippen LogP contribution in [0.2, 0.25) is 5.02 Å². The Labute approximate surface area is 152 Å². The van der Waals surface area contributed by atoms with Crippen LogP contribution in [0.5, 0.6) is 11.5 Å². The lowest BCUT2D eigenvalue weighted by molar-refractivity contribution is -0.0683. The van der Waals surface area contributed by atoms with Gasteiger partial charge in [-0.2, -0.15) is 5.26 Å². The van der Waals surface area contributed by atoms with Crippen molar-refractivity contribution in [3.8, 4) is 17.6 Å². The van der Waals surface area contributed by atoms with Gasteiger partial charge in [-0.05, 0) is 56.1 Å². The highest BCUT2D eigenvalue weighted by atomic mass is 35.5. The molecule has 0 saturated carbocycles. The average Bonchev–Trinajstić information content (AvgIpc) is 2.99. The van der Waals surface area contributed by atoms with E-state index in [1.54, 1.807) is 18.2 Å². The highest BCUT2D eigenvalue weighted by Gasteiger charge is 2.42. The third-order valence-corrected chi connectivity index (χ3v) is 5.29. The van der Waals surface area contributed by atoms with E-state index in [2.05, 4.69) is 17.5 Å². The minimum Gasteiger partial charge on any atom is -0.444 e. The molecular weight excluding hydrogens is 336 g/mol. The number of hydrogen-bond acceptors (Lipinski definition) is 4. The molecule has 128 valence electrons. The Kier molecular flexibility index (Phi) is 4.07. The summed E-state index contributed by atoms with van der Waals surface area (Å²) in [7, 11) is 0. The fraction of sp³-hybridized carbons (Fsp3) is 0.350. The van der Waals surface area contributed by atoms with E-state index in [0.29, 0.717) is 16.5 Å². The summed E-state index contributed by atoms with van der Waals surface area (Å²) in [6, 6.07) is 13.4. The Bertz CT molecular complexity index is 855. The summed E-state index contributed by atoms with van der Waals surface area (Å²) in [5, 5.41) is 12.9. The molecule has 0 bridgehead atoms. The Morgan fingerprint density at radius 2 is 2.00 bits per heavy atom. The standard InChI is InChI=1S/C20H19ClN2O2/c1-20(16-6-5-13(12-22)11-17(16)21)24-18-4-2-3-15(19(18)25-20)14-7-9-23-10-8-14/h2-6,11,14,23H,7-10H2,1H3. The van der Waals surface area contributed by atoms with E-state index in [4.69, 9.17) is 26.3 Å². The normalized spacial score (nSPS) is 22.6. The van der Waals surface area contributed by atoms with Crippen molar-refractivity contribution in [3.63, 3.8) is 0 Å². The number of rotatable bonds is 2. The molecule has 25 heavy (non-hydrogen) atoms. The topological polar surface area (TPSA) is 54.3 Å². The van der Waals surface area contributed by atoms with Gasteiger partial charge in [-0.1, -0.05) is 23.7 Å². The third-order valence-electron chi connectivity index (χ3n) is 4.98. The van der Waals surface area contributed by atoms with E-state index < -0.39 is 5.79 Å². The van der Waals surface area contributed by atoms with Gasteiger partial charge in [0.1, 0.15) is 0 Å². The number of hydrogen-bond donors (Lipinski definition) is 1. The smallest absolute Gasteiger partial charge is 0.276 e. The van der Waals surface area contributed by atoms with Crippen molar-refractivity contribution in [3.05, 3.63) is 58.1 Å². The van der Waals surface area contributed by atoms with Crippen molar-refractivity contribution in [2.45, 2.75) is 31.5 Å². The first kappa shape index (κ1) is 16.3. The number of fused-ring (bicyclic) bond motifs is 1. The van der Waals surface area contributed by atoms with E-state index in [1.165, 1.54) is 5.56 Å². The van der Waals surface area contributed by atoms with Gasteiger partial charge in [0.2, 0.25) is 0 Å². The number of nitrogens with zero attached hydrogens (tertiary/aromatic N) is 1. The van der Waals surface area contributed by atoms with Gasteiger partial charge in [-0.25, -0.2) is 0 Å². The van der Waals surface area contributed by atoms with Crippen molar-refractivity contribution in [2.75, 3.05) is 13.1 Å². The zero-order valence-electron chi connectivity index (χ0n) is 14.0. The Morgan fingerprint density at radius 3 is 2.72 bits per heavy atom. The van der Waals surface area contributed by atoms with Gasteiger partial charge in [-0.15, -0.1) is 0 Å². The van der Waals surface area contributed by atoms with Gasteiger partial charge in [0.05, 0.1) is 22.2 Å². The Morgan fingerprint density at radius 1 is 1.20 bits per heavy atom. The molecule has 2 aromatic carbocycles. The van der Waals surface area contributed by atoms with Crippen molar-refractivity contribution in [2.24, 2.45) is 0 Å². The number of piperidine rings is 1. The van der Waals surface area contributed by atoms with Gasteiger partial charge in [0.25, 0.3) is 5.79 Å². The van der Waals surface area contributed by atoms with Crippen LogP contribution in [-0.4, -0.2) is 13.1 Å². The van der Waals surface area contributed by atoms with Crippen LogP contribution in [0.15, 0.2) is 36.4 Å². The van der Waals surface area contributed by atoms with Crippen molar-refractivity contribution in [1.82, 2.24) is 5.32 Å². The second-order valence-electron chi connectivity index (χ2n) is 6.66. The molecule has 5 heteroatoms. The molecule has 0 aliphatic carbocycles. The molecule has 1 saturated heterocycles. The molecule has 2 aliphatic heterocycles. The molecule has 4 rings (SSSR count). The number of halogens is 1. The maximum absolute atomic E-state index is 9.03. The SMILES string of the molecule is CC1(c2ccc(C#N)cc2Cl)Oc2cccc(C3CCNCC3)c2O1. The van der Waals surface area contributed by atoms with Gasteiger partial charge in [0.15, 0.2) is 11.5 Å². The molecule has 0 amide bonds. The second kappa shape index (κ2) is 6.25. The number of ether oxygens (including phenoxy) is 2. The molecule has 4 nitrogen and oxygen atoms in total. The van der Waals surface area contributed by atoms with Crippen LogP contribution in [0.25, 0.3) is 0 Å². The Balaban J connectivity index is 1.70. The lowest BCUT2D eigenvalue weighted by Crippen LogP contribution is -2.32. The molecule has 0 spiro atoms. The molecule has 0 aromatic heterocycles. The second-order valence-corrected chi connectivity index (χ2v) is 7.06. The molecular formula is C20H19ClN2O2. The largest absolute Gasteiger partial charge is 0.444 e. The van der Waals surface area contributed by atoms with Crippen molar-refractivity contribution >= 4 is 11.6 Å². The van der Waals surface area contributed by atoms with Gasteiger partial charge in [-0.3, -0.25) is 0 Å². The molecule has 2 heterocycles. The van der Waals surface area contributed by atoms with E-state index in [9.17, 15) is 0 Å². The molecule has 0 radical (unpaired) electrons. The number of para-hydroxylation sites is 1. The van der Waals surface area contributed by atoms with Crippen LogP contribution in [0.4, 0.5) is 0 Å². The molecule has 1 fully saturated rings. The van der Waals surface area contributed by atoms with Crippen LogP contribution in [0, 0.1) is 11.3 Å². The quantitative estimate of drug-likeness (QED) is 0.872.